The van der Waals surface area contributed by atoms with E-state index in [2.05, 4.69) is 5.32 Å². The summed E-state index contributed by atoms with van der Waals surface area (Å²) >= 11 is 0. The Labute approximate surface area is 151 Å². The molecule has 2 aromatic carbocycles. The van der Waals surface area contributed by atoms with Gasteiger partial charge in [0.15, 0.2) is 0 Å². The number of hydrogen-bond acceptors (Lipinski definition) is 5. The van der Waals surface area contributed by atoms with Gasteiger partial charge in [0.1, 0.15) is 11.3 Å². The summed E-state index contributed by atoms with van der Waals surface area (Å²) in [5, 5.41) is 13.8. The fourth-order valence-electron chi connectivity index (χ4n) is 3.45. The Morgan fingerprint density at radius 2 is 2.00 bits per heavy atom. The molecule has 6 nitrogen and oxygen atoms in total. The number of aromatic hydroxyl groups is 1. The highest BCUT2D eigenvalue weighted by molar-refractivity contribution is 6.17. The largest absolute Gasteiger partial charge is 0.508 e. The number of fused-ring (bicyclic) bond motifs is 2. The molecule has 0 saturated carbocycles. The lowest BCUT2D eigenvalue weighted by Gasteiger charge is -2.28. The summed E-state index contributed by atoms with van der Waals surface area (Å²) in [4.78, 5) is 16.8. The second-order valence-electron chi connectivity index (χ2n) is 6.78. The third kappa shape index (κ3) is 2.50. The number of likely N-dealkylation sites (N-methyl/N-ethyl adjacent to an activating group) is 1. The smallest absolute Gasteiger partial charge is 0.287 e. The normalized spacial score (nSPS) is 12.5. The second kappa shape index (κ2) is 6.07. The lowest BCUT2D eigenvalue weighted by molar-refractivity contribution is 0.0926. The number of nitrogens with zero attached hydrogens (tertiary/aromatic N) is 2. The van der Waals surface area contributed by atoms with E-state index in [0.717, 1.165) is 34.4 Å². The maximum Gasteiger partial charge on any atom is 0.287 e. The number of para-hydroxylation sites is 1. The van der Waals surface area contributed by atoms with Gasteiger partial charge in [-0.25, -0.2) is 0 Å². The Morgan fingerprint density at radius 1 is 1.23 bits per heavy atom. The molecular weight excluding hydrogens is 330 g/mol. The fourth-order valence-corrected chi connectivity index (χ4v) is 3.45. The quantitative estimate of drug-likeness (QED) is 0.756. The monoisotopic (exact) mass is 351 g/mol. The molecule has 1 aliphatic rings. The van der Waals surface area contributed by atoms with E-state index in [-0.39, 0.29) is 17.4 Å². The van der Waals surface area contributed by atoms with Crippen LogP contribution in [0.2, 0.25) is 0 Å². The Bertz CT molecular complexity index is 1010. The van der Waals surface area contributed by atoms with Crippen molar-refractivity contribution in [3.63, 3.8) is 0 Å². The van der Waals surface area contributed by atoms with Crippen LogP contribution in [0.4, 0.5) is 11.4 Å². The molecule has 6 heteroatoms. The Hall–Kier alpha value is -2.99. The highest BCUT2D eigenvalue weighted by atomic mass is 16.3. The Balaban J connectivity index is 1.89. The van der Waals surface area contributed by atoms with Crippen LogP contribution >= 0.6 is 0 Å². The molecule has 1 aliphatic heterocycles. The number of nitrogens with one attached hydrogen (secondary N) is 1. The maximum atomic E-state index is 12.8. The molecule has 0 atom stereocenters. The van der Waals surface area contributed by atoms with E-state index in [4.69, 9.17) is 4.42 Å². The summed E-state index contributed by atoms with van der Waals surface area (Å²) < 4.78 is 5.90. The van der Waals surface area contributed by atoms with Gasteiger partial charge in [0.2, 0.25) is 5.76 Å². The van der Waals surface area contributed by atoms with Crippen molar-refractivity contribution in [2.24, 2.45) is 0 Å². The molecule has 0 fully saturated rings. The van der Waals surface area contributed by atoms with Crippen LogP contribution in [0.1, 0.15) is 10.6 Å². The van der Waals surface area contributed by atoms with Gasteiger partial charge in [-0.15, -0.1) is 0 Å². The van der Waals surface area contributed by atoms with E-state index >= 15 is 0 Å². The zero-order valence-electron chi connectivity index (χ0n) is 15.0. The Kier molecular flexibility index (Phi) is 3.85. The van der Waals surface area contributed by atoms with Gasteiger partial charge in [-0.05, 0) is 20.2 Å². The third-order valence-corrected chi connectivity index (χ3v) is 4.70. The van der Waals surface area contributed by atoms with Gasteiger partial charge in [0, 0.05) is 49.1 Å². The summed E-state index contributed by atoms with van der Waals surface area (Å²) in [5.41, 5.74) is 4.03. The molecule has 134 valence electrons. The number of benzene rings is 2. The van der Waals surface area contributed by atoms with Crippen molar-refractivity contribution >= 4 is 28.3 Å². The molecule has 2 heterocycles. The van der Waals surface area contributed by atoms with E-state index in [1.165, 1.54) is 0 Å². The molecule has 26 heavy (non-hydrogen) atoms. The molecule has 0 saturated heterocycles. The minimum absolute atomic E-state index is 0.110. The van der Waals surface area contributed by atoms with Crippen molar-refractivity contribution in [1.82, 2.24) is 10.2 Å². The standard InChI is InChI=1S/C20H21N3O3/c1-22(2)9-8-21-20(25)19-17-13-6-4-5-7-14(13)23(3)15-10-12(24)11-16(26-19)18(15)17/h4-7,10-11,24H,8-9H2,1-3H3,(H,21,25). The van der Waals surface area contributed by atoms with Crippen molar-refractivity contribution in [1.29, 1.82) is 0 Å². The van der Waals surface area contributed by atoms with Gasteiger partial charge < -0.3 is 24.6 Å². The lowest BCUT2D eigenvalue weighted by Crippen LogP contribution is -2.31. The van der Waals surface area contributed by atoms with E-state index in [9.17, 15) is 9.90 Å². The Morgan fingerprint density at radius 3 is 2.77 bits per heavy atom. The molecule has 3 aromatic rings. The SMILES string of the molecule is CN(C)CCNC(=O)c1oc2cc(O)cc3c2c1-c1ccccc1N3C. The highest BCUT2D eigenvalue weighted by Gasteiger charge is 2.31. The van der Waals surface area contributed by atoms with Crippen LogP contribution in [0, 0.1) is 0 Å². The predicted octanol–water partition coefficient (Wildman–Crippen LogP) is 3.18. The summed E-state index contributed by atoms with van der Waals surface area (Å²) in [5.74, 6) is 0.146. The van der Waals surface area contributed by atoms with Gasteiger partial charge >= 0.3 is 0 Å². The molecular formula is C20H21N3O3. The minimum atomic E-state index is -0.247. The molecule has 4 rings (SSSR count). The van der Waals surface area contributed by atoms with E-state index in [0.29, 0.717) is 12.1 Å². The highest BCUT2D eigenvalue weighted by Crippen LogP contribution is 2.50. The van der Waals surface area contributed by atoms with Crippen LogP contribution in [0.15, 0.2) is 40.8 Å². The first kappa shape index (κ1) is 16.5. The number of carbonyl (C=O) groups excluding carboxylic acids is 1. The molecule has 0 spiro atoms. The minimum Gasteiger partial charge on any atom is -0.508 e. The van der Waals surface area contributed by atoms with E-state index < -0.39 is 0 Å². The first-order valence-electron chi connectivity index (χ1n) is 8.53. The van der Waals surface area contributed by atoms with Crippen LogP contribution in [0.25, 0.3) is 22.1 Å². The van der Waals surface area contributed by atoms with Gasteiger partial charge in [0.25, 0.3) is 5.91 Å². The van der Waals surface area contributed by atoms with E-state index in [1.54, 1.807) is 12.1 Å². The third-order valence-electron chi connectivity index (χ3n) is 4.70. The molecule has 0 radical (unpaired) electrons. The number of amides is 1. The summed E-state index contributed by atoms with van der Waals surface area (Å²) in [6.45, 7) is 1.27. The zero-order valence-corrected chi connectivity index (χ0v) is 15.0. The molecule has 0 bridgehead atoms. The number of furan rings is 1. The van der Waals surface area contributed by atoms with Crippen molar-refractivity contribution in [2.45, 2.75) is 0 Å². The first-order chi connectivity index (χ1) is 12.5. The fraction of sp³-hybridized carbons (Fsp3) is 0.250. The first-order valence-corrected chi connectivity index (χ1v) is 8.53. The van der Waals surface area contributed by atoms with Crippen LogP contribution in [0.3, 0.4) is 0 Å². The van der Waals surface area contributed by atoms with Crippen LogP contribution in [-0.4, -0.2) is 50.1 Å². The summed E-state index contributed by atoms with van der Waals surface area (Å²) in [6, 6.07) is 11.1. The average molecular weight is 351 g/mol. The lowest BCUT2D eigenvalue weighted by atomic mass is 9.94. The van der Waals surface area contributed by atoms with Gasteiger partial charge in [0.05, 0.1) is 11.1 Å². The molecule has 2 N–H and O–H groups in total. The zero-order chi connectivity index (χ0) is 18.4. The predicted molar refractivity (Wildman–Crippen MR) is 102 cm³/mol. The number of rotatable bonds is 4. The topological polar surface area (TPSA) is 69.0 Å². The molecule has 1 aromatic heterocycles. The number of hydrogen-bond donors (Lipinski definition) is 2. The van der Waals surface area contributed by atoms with Crippen molar-refractivity contribution < 1.29 is 14.3 Å². The van der Waals surface area contributed by atoms with Crippen molar-refractivity contribution in [3.05, 3.63) is 42.2 Å². The summed E-state index contributed by atoms with van der Waals surface area (Å²) in [6.07, 6.45) is 0. The number of carbonyl (C=O) groups is 1. The van der Waals surface area contributed by atoms with Crippen molar-refractivity contribution in [2.75, 3.05) is 39.1 Å². The van der Waals surface area contributed by atoms with Gasteiger partial charge in [-0.2, -0.15) is 0 Å². The maximum absolute atomic E-state index is 12.8. The number of phenols is 1. The molecule has 0 unspecified atom stereocenters. The number of anilines is 2. The average Bonchev–Trinajstić information content (AvgIpc) is 2.98. The van der Waals surface area contributed by atoms with Crippen LogP contribution in [-0.2, 0) is 0 Å². The molecule has 1 amide bonds. The second-order valence-corrected chi connectivity index (χ2v) is 6.78. The molecule has 0 aliphatic carbocycles. The van der Waals surface area contributed by atoms with Crippen LogP contribution < -0.4 is 10.2 Å². The van der Waals surface area contributed by atoms with Crippen LogP contribution in [0.5, 0.6) is 5.75 Å². The van der Waals surface area contributed by atoms with Gasteiger partial charge in [-0.1, -0.05) is 18.2 Å². The van der Waals surface area contributed by atoms with Gasteiger partial charge in [-0.3, -0.25) is 4.79 Å². The van der Waals surface area contributed by atoms with Crippen molar-refractivity contribution in [3.8, 4) is 16.9 Å². The number of phenolic OH excluding ortho intramolecular Hbond substituents is 1. The van der Waals surface area contributed by atoms with E-state index in [1.807, 2.05) is 55.2 Å². The summed E-state index contributed by atoms with van der Waals surface area (Å²) in [7, 11) is 5.86.